The van der Waals surface area contributed by atoms with Gasteiger partial charge in [0.25, 0.3) is 0 Å². The molecule has 1 aliphatic rings. The van der Waals surface area contributed by atoms with Crippen molar-refractivity contribution in [2.24, 2.45) is 11.8 Å². The highest BCUT2D eigenvalue weighted by Crippen LogP contribution is 2.22. The van der Waals surface area contributed by atoms with Gasteiger partial charge in [0.1, 0.15) is 0 Å². The van der Waals surface area contributed by atoms with Gasteiger partial charge in [0, 0.05) is 19.3 Å². The molecule has 1 N–H and O–H groups in total. The molecule has 0 aromatic rings. The third-order valence-electron chi connectivity index (χ3n) is 3.28. The van der Waals surface area contributed by atoms with Gasteiger partial charge in [-0.1, -0.05) is 20.8 Å². The molecule has 0 aromatic heterocycles. The van der Waals surface area contributed by atoms with E-state index in [1.165, 1.54) is 32.2 Å². The average molecular weight is 213 g/mol. The molecule has 0 amide bonds. The Kier molecular flexibility index (Phi) is 6.26. The Balaban J connectivity index is 2.02. The van der Waals surface area contributed by atoms with E-state index in [4.69, 9.17) is 4.74 Å². The van der Waals surface area contributed by atoms with Crippen molar-refractivity contribution in [3.8, 4) is 0 Å². The van der Waals surface area contributed by atoms with Crippen molar-refractivity contribution in [1.82, 2.24) is 5.32 Å². The lowest BCUT2D eigenvalue weighted by atomic mass is 9.91. The molecule has 0 aliphatic carbocycles. The van der Waals surface area contributed by atoms with Crippen LogP contribution in [-0.4, -0.2) is 25.8 Å². The summed E-state index contributed by atoms with van der Waals surface area (Å²) in [6, 6.07) is 0.621. The molecule has 0 radical (unpaired) electrons. The number of hydrogen-bond donors (Lipinski definition) is 1. The van der Waals surface area contributed by atoms with Crippen molar-refractivity contribution in [2.75, 3.05) is 19.8 Å². The Morgan fingerprint density at radius 3 is 2.47 bits per heavy atom. The summed E-state index contributed by atoms with van der Waals surface area (Å²) < 4.78 is 5.37. The molecule has 1 heterocycles. The average Bonchev–Trinajstić information content (AvgIpc) is 2.25. The largest absolute Gasteiger partial charge is 0.381 e. The van der Waals surface area contributed by atoms with E-state index in [-0.39, 0.29) is 0 Å². The summed E-state index contributed by atoms with van der Waals surface area (Å²) in [7, 11) is 0. The van der Waals surface area contributed by atoms with Crippen molar-refractivity contribution in [3.63, 3.8) is 0 Å². The van der Waals surface area contributed by atoms with Crippen LogP contribution in [0.2, 0.25) is 0 Å². The quantitative estimate of drug-likeness (QED) is 0.732. The predicted molar refractivity (Wildman–Crippen MR) is 65.1 cm³/mol. The van der Waals surface area contributed by atoms with E-state index in [1.54, 1.807) is 0 Å². The van der Waals surface area contributed by atoms with Gasteiger partial charge in [0.05, 0.1) is 0 Å². The summed E-state index contributed by atoms with van der Waals surface area (Å²) >= 11 is 0. The molecule has 1 atom stereocenters. The van der Waals surface area contributed by atoms with Gasteiger partial charge >= 0.3 is 0 Å². The zero-order valence-electron chi connectivity index (χ0n) is 10.6. The second-order valence-corrected chi connectivity index (χ2v) is 5.30. The Hall–Kier alpha value is -0.0800. The second-order valence-electron chi connectivity index (χ2n) is 5.30. The standard InChI is InChI=1S/C13H27NO/c1-11(2)14-10-12(3)4-5-13-6-8-15-9-7-13/h11-14H,4-10H2,1-3H3. The van der Waals surface area contributed by atoms with E-state index in [2.05, 4.69) is 26.1 Å². The second kappa shape index (κ2) is 7.24. The van der Waals surface area contributed by atoms with E-state index in [1.807, 2.05) is 0 Å². The van der Waals surface area contributed by atoms with Gasteiger partial charge in [-0.3, -0.25) is 0 Å². The van der Waals surface area contributed by atoms with Crippen LogP contribution >= 0.6 is 0 Å². The molecular formula is C13H27NO. The van der Waals surface area contributed by atoms with Crippen LogP contribution in [0.3, 0.4) is 0 Å². The van der Waals surface area contributed by atoms with Crippen LogP contribution < -0.4 is 5.32 Å². The summed E-state index contributed by atoms with van der Waals surface area (Å²) in [5.74, 6) is 1.75. The molecular weight excluding hydrogens is 186 g/mol. The molecule has 15 heavy (non-hydrogen) atoms. The van der Waals surface area contributed by atoms with Gasteiger partial charge in [0.15, 0.2) is 0 Å². The Labute approximate surface area is 94.8 Å². The molecule has 0 bridgehead atoms. The maximum absolute atomic E-state index is 5.37. The maximum Gasteiger partial charge on any atom is 0.0468 e. The van der Waals surface area contributed by atoms with Crippen molar-refractivity contribution >= 4 is 0 Å². The van der Waals surface area contributed by atoms with E-state index < -0.39 is 0 Å². The fourth-order valence-electron chi connectivity index (χ4n) is 2.09. The zero-order chi connectivity index (χ0) is 11.1. The first-order chi connectivity index (χ1) is 7.18. The van der Waals surface area contributed by atoms with Crippen LogP contribution in [0.5, 0.6) is 0 Å². The number of rotatable bonds is 6. The smallest absolute Gasteiger partial charge is 0.0468 e. The summed E-state index contributed by atoms with van der Waals surface area (Å²) in [6.07, 6.45) is 5.32. The van der Waals surface area contributed by atoms with Crippen molar-refractivity contribution < 1.29 is 4.74 Å². The van der Waals surface area contributed by atoms with Crippen molar-refractivity contribution in [1.29, 1.82) is 0 Å². The Morgan fingerprint density at radius 1 is 1.20 bits per heavy atom. The maximum atomic E-state index is 5.37. The van der Waals surface area contributed by atoms with E-state index in [9.17, 15) is 0 Å². The van der Waals surface area contributed by atoms with Gasteiger partial charge in [-0.05, 0) is 44.1 Å². The normalized spacial score (nSPS) is 20.8. The molecule has 1 unspecified atom stereocenters. The fraction of sp³-hybridized carbons (Fsp3) is 1.00. The van der Waals surface area contributed by atoms with Crippen LogP contribution in [0, 0.1) is 11.8 Å². The molecule has 0 spiro atoms. The summed E-state index contributed by atoms with van der Waals surface area (Å²) in [6.45, 7) is 9.93. The van der Waals surface area contributed by atoms with Crippen molar-refractivity contribution in [2.45, 2.75) is 52.5 Å². The highest BCUT2D eigenvalue weighted by Gasteiger charge is 2.14. The first kappa shape index (κ1) is 13.0. The van der Waals surface area contributed by atoms with Crippen LogP contribution in [0.1, 0.15) is 46.5 Å². The Bertz CT molecular complexity index is 153. The molecule has 2 nitrogen and oxygen atoms in total. The molecule has 1 aliphatic heterocycles. The van der Waals surface area contributed by atoms with E-state index >= 15 is 0 Å². The number of nitrogens with one attached hydrogen (secondary N) is 1. The SMILES string of the molecule is CC(CCC1CCOCC1)CNC(C)C. The summed E-state index contributed by atoms with van der Waals surface area (Å²) in [5.41, 5.74) is 0. The van der Waals surface area contributed by atoms with Gasteiger partial charge in [0.2, 0.25) is 0 Å². The lowest BCUT2D eigenvalue weighted by Crippen LogP contribution is -2.28. The molecule has 1 fully saturated rings. The molecule has 2 heteroatoms. The third kappa shape index (κ3) is 6.16. The molecule has 90 valence electrons. The molecule has 0 aromatic carbocycles. The van der Waals surface area contributed by atoms with Crippen LogP contribution in [-0.2, 0) is 4.74 Å². The molecule has 0 saturated carbocycles. The zero-order valence-corrected chi connectivity index (χ0v) is 10.6. The van der Waals surface area contributed by atoms with Gasteiger partial charge in [-0.15, -0.1) is 0 Å². The predicted octanol–water partition coefficient (Wildman–Crippen LogP) is 2.83. The van der Waals surface area contributed by atoms with Gasteiger partial charge in [-0.2, -0.15) is 0 Å². The highest BCUT2D eigenvalue weighted by molar-refractivity contribution is 4.67. The summed E-state index contributed by atoms with van der Waals surface area (Å²) in [5, 5.41) is 3.51. The van der Waals surface area contributed by atoms with E-state index in [0.29, 0.717) is 6.04 Å². The van der Waals surface area contributed by atoms with Gasteiger partial charge in [-0.25, -0.2) is 0 Å². The first-order valence-electron chi connectivity index (χ1n) is 6.49. The fourth-order valence-corrected chi connectivity index (χ4v) is 2.09. The minimum Gasteiger partial charge on any atom is -0.381 e. The first-order valence-corrected chi connectivity index (χ1v) is 6.49. The minimum atomic E-state index is 0.621. The lowest BCUT2D eigenvalue weighted by molar-refractivity contribution is 0.0620. The lowest BCUT2D eigenvalue weighted by Gasteiger charge is -2.23. The van der Waals surface area contributed by atoms with Gasteiger partial charge < -0.3 is 10.1 Å². The Morgan fingerprint density at radius 2 is 1.87 bits per heavy atom. The monoisotopic (exact) mass is 213 g/mol. The molecule has 1 saturated heterocycles. The topological polar surface area (TPSA) is 21.3 Å². The van der Waals surface area contributed by atoms with E-state index in [0.717, 1.165) is 25.0 Å². The highest BCUT2D eigenvalue weighted by atomic mass is 16.5. The third-order valence-corrected chi connectivity index (χ3v) is 3.28. The summed E-state index contributed by atoms with van der Waals surface area (Å²) in [4.78, 5) is 0. The number of hydrogen-bond acceptors (Lipinski definition) is 2. The van der Waals surface area contributed by atoms with Crippen LogP contribution in [0.15, 0.2) is 0 Å². The van der Waals surface area contributed by atoms with Crippen LogP contribution in [0.25, 0.3) is 0 Å². The number of ether oxygens (including phenoxy) is 1. The molecule has 1 rings (SSSR count). The minimum absolute atomic E-state index is 0.621. The van der Waals surface area contributed by atoms with Crippen LogP contribution in [0.4, 0.5) is 0 Å². The van der Waals surface area contributed by atoms with Crippen molar-refractivity contribution in [3.05, 3.63) is 0 Å².